The molecule has 1 atom stereocenters. The summed E-state index contributed by atoms with van der Waals surface area (Å²) in [6.45, 7) is 5.43. The topological polar surface area (TPSA) is 21.3 Å². The summed E-state index contributed by atoms with van der Waals surface area (Å²) in [6.07, 6.45) is 2.63. The highest BCUT2D eigenvalue weighted by Gasteiger charge is 2.21. The van der Waals surface area contributed by atoms with Crippen molar-refractivity contribution in [1.82, 2.24) is 5.32 Å². The monoisotopic (exact) mass is 157 g/mol. The zero-order valence-electron chi connectivity index (χ0n) is 7.60. The molecule has 0 bridgehead atoms. The largest absolute Gasteiger partial charge is 0.381 e. The van der Waals surface area contributed by atoms with Gasteiger partial charge in [-0.2, -0.15) is 0 Å². The molecule has 2 heteroatoms. The van der Waals surface area contributed by atoms with Crippen LogP contribution < -0.4 is 5.32 Å². The summed E-state index contributed by atoms with van der Waals surface area (Å²) in [4.78, 5) is 0. The molecular weight excluding hydrogens is 138 g/mol. The number of hydrogen-bond acceptors (Lipinski definition) is 2. The minimum atomic E-state index is 0.855. The lowest BCUT2D eigenvalue weighted by Gasteiger charge is -2.29. The smallest absolute Gasteiger partial charge is 0.0516 e. The summed E-state index contributed by atoms with van der Waals surface area (Å²) >= 11 is 0. The number of nitrogens with one attached hydrogen (secondary N) is 1. The first-order valence-electron chi connectivity index (χ1n) is 4.59. The van der Waals surface area contributed by atoms with Crippen LogP contribution in [-0.4, -0.2) is 26.8 Å². The Balaban J connectivity index is 2.08. The third kappa shape index (κ3) is 2.80. The normalized spacial score (nSPS) is 21.3. The van der Waals surface area contributed by atoms with E-state index in [1.165, 1.54) is 12.8 Å². The van der Waals surface area contributed by atoms with Gasteiger partial charge in [-0.15, -0.1) is 0 Å². The Bertz CT molecular complexity index is 102. The van der Waals surface area contributed by atoms with Crippen LogP contribution in [0.25, 0.3) is 0 Å². The molecule has 1 heterocycles. The molecule has 0 aromatic heterocycles. The van der Waals surface area contributed by atoms with E-state index in [0.29, 0.717) is 0 Å². The standard InChI is InChI=1S/C9H19NO/c1-3-8(5-10-2)4-9-6-11-7-9/h8-10H,3-7H2,1-2H3. The van der Waals surface area contributed by atoms with Gasteiger partial charge in [-0.25, -0.2) is 0 Å². The minimum Gasteiger partial charge on any atom is -0.381 e. The molecule has 0 radical (unpaired) electrons. The van der Waals surface area contributed by atoms with Gasteiger partial charge in [0.05, 0.1) is 13.2 Å². The van der Waals surface area contributed by atoms with E-state index in [0.717, 1.165) is 31.6 Å². The van der Waals surface area contributed by atoms with Gasteiger partial charge in [-0.05, 0) is 25.9 Å². The van der Waals surface area contributed by atoms with E-state index in [1.54, 1.807) is 0 Å². The van der Waals surface area contributed by atoms with Crippen molar-refractivity contribution < 1.29 is 4.74 Å². The van der Waals surface area contributed by atoms with Gasteiger partial charge in [-0.1, -0.05) is 13.3 Å². The van der Waals surface area contributed by atoms with Gasteiger partial charge in [0.1, 0.15) is 0 Å². The van der Waals surface area contributed by atoms with Crippen molar-refractivity contribution >= 4 is 0 Å². The first kappa shape index (κ1) is 9.01. The van der Waals surface area contributed by atoms with Gasteiger partial charge in [-0.3, -0.25) is 0 Å². The minimum absolute atomic E-state index is 0.855. The molecule has 11 heavy (non-hydrogen) atoms. The molecule has 2 nitrogen and oxygen atoms in total. The highest BCUT2D eigenvalue weighted by molar-refractivity contribution is 4.71. The number of rotatable bonds is 5. The van der Waals surface area contributed by atoms with E-state index >= 15 is 0 Å². The summed E-state index contributed by atoms with van der Waals surface area (Å²) in [5, 5.41) is 3.23. The van der Waals surface area contributed by atoms with E-state index in [9.17, 15) is 0 Å². The fourth-order valence-corrected chi connectivity index (χ4v) is 1.58. The van der Waals surface area contributed by atoms with Crippen LogP contribution in [-0.2, 0) is 4.74 Å². The zero-order chi connectivity index (χ0) is 8.10. The second kappa shape index (κ2) is 4.73. The van der Waals surface area contributed by atoms with Crippen LogP contribution in [0.4, 0.5) is 0 Å². The average molecular weight is 157 g/mol. The Morgan fingerprint density at radius 3 is 2.64 bits per heavy atom. The van der Waals surface area contributed by atoms with E-state index in [1.807, 2.05) is 7.05 Å². The molecule has 1 fully saturated rings. The van der Waals surface area contributed by atoms with Gasteiger partial charge < -0.3 is 10.1 Å². The second-order valence-corrected chi connectivity index (χ2v) is 3.47. The lowest BCUT2D eigenvalue weighted by atomic mass is 9.91. The molecule has 1 aliphatic rings. The van der Waals surface area contributed by atoms with Crippen molar-refractivity contribution in [2.45, 2.75) is 19.8 Å². The first-order valence-corrected chi connectivity index (χ1v) is 4.59. The van der Waals surface area contributed by atoms with Crippen LogP contribution in [0.2, 0.25) is 0 Å². The third-order valence-electron chi connectivity index (χ3n) is 2.44. The Morgan fingerprint density at radius 1 is 1.55 bits per heavy atom. The van der Waals surface area contributed by atoms with Crippen LogP contribution >= 0.6 is 0 Å². The molecule has 0 spiro atoms. The predicted octanol–water partition coefficient (Wildman–Crippen LogP) is 1.27. The SMILES string of the molecule is CCC(CNC)CC1COC1. The first-order chi connectivity index (χ1) is 5.36. The predicted molar refractivity (Wildman–Crippen MR) is 46.6 cm³/mol. The lowest BCUT2D eigenvalue weighted by Crippen LogP contribution is -2.31. The molecule has 1 unspecified atom stereocenters. The van der Waals surface area contributed by atoms with Crippen molar-refractivity contribution in [2.75, 3.05) is 26.8 Å². The van der Waals surface area contributed by atoms with E-state index < -0.39 is 0 Å². The van der Waals surface area contributed by atoms with Gasteiger partial charge in [0.25, 0.3) is 0 Å². The maximum Gasteiger partial charge on any atom is 0.0516 e. The molecule has 0 saturated carbocycles. The highest BCUT2D eigenvalue weighted by atomic mass is 16.5. The quantitative estimate of drug-likeness (QED) is 0.649. The van der Waals surface area contributed by atoms with Gasteiger partial charge >= 0.3 is 0 Å². The third-order valence-corrected chi connectivity index (χ3v) is 2.44. The summed E-state index contributed by atoms with van der Waals surface area (Å²) in [6, 6.07) is 0. The van der Waals surface area contributed by atoms with Crippen molar-refractivity contribution in [3.63, 3.8) is 0 Å². The Hall–Kier alpha value is -0.0800. The van der Waals surface area contributed by atoms with E-state index in [-0.39, 0.29) is 0 Å². The van der Waals surface area contributed by atoms with Crippen LogP contribution in [0, 0.1) is 11.8 Å². The molecule has 0 aromatic rings. The van der Waals surface area contributed by atoms with E-state index in [4.69, 9.17) is 4.74 Å². The van der Waals surface area contributed by atoms with Crippen LogP contribution in [0.15, 0.2) is 0 Å². The summed E-state index contributed by atoms with van der Waals surface area (Å²) in [5.74, 6) is 1.71. The fourth-order valence-electron chi connectivity index (χ4n) is 1.58. The number of hydrogen-bond donors (Lipinski definition) is 1. The highest BCUT2D eigenvalue weighted by Crippen LogP contribution is 2.21. The van der Waals surface area contributed by atoms with E-state index in [2.05, 4.69) is 12.2 Å². The van der Waals surface area contributed by atoms with Gasteiger partial charge in [0, 0.05) is 5.92 Å². The maximum absolute atomic E-state index is 5.14. The molecule has 1 aliphatic heterocycles. The van der Waals surface area contributed by atoms with Crippen LogP contribution in [0.3, 0.4) is 0 Å². The van der Waals surface area contributed by atoms with Crippen LogP contribution in [0.5, 0.6) is 0 Å². The lowest BCUT2D eigenvalue weighted by molar-refractivity contribution is -0.0425. The average Bonchev–Trinajstić information content (AvgIpc) is 1.94. The maximum atomic E-state index is 5.14. The van der Waals surface area contributed by atoms with Crippen molar-refractivity contribution in [3.8, 4) is 0 Å². The molecule has 1 N–H and O–H groups in total. The molecular formula is C9H19NO. The molecule has 1 rings (SSSR count). The number of ether oxygens (including phenoxy) is 1. The second-order valence-electron chi connectivity index (χ2n) is 3.47. The summed E-state index contributed by atoms with van der Waals surface area (Å²) in [5.41, 5.74) is 0. The Morgan fingerprint density at radius 2 is 2.27 bits per heavy atom. The van der Waals surface area contributed by atoms with Crippen LogP contribution in [0.1, 0.15) is 19.8 Å². The van der Waals surface area contributed by atoms with Crippen molar-refractivity contribution in [2.24, 2.45) is 11.8 Å². The van der Waals surface area contributed by atoms with Gasteiger partial charge in [0.15, 0.2) is 0 Å². The summed E-state index contributed by atoms with van der Waals surface area (Å²) in [7, 11) is 2.03. The van der Waals surface area contributed by atoms with Crippen molar-refractivity contribution in [3.05, 3.63) is 0 Å². The fraction of sp³-hybridized carbons (Fsp3) is 1.00. The molecule has 66 valence electrons. The zero-order valence-corrected chi connectivity index (χ0v) is 7.60. The summed E-state index contributed by atoms with van der Waals surface area (Å²) < 4.78 is 5.14. The molecule has 0 amide bonds. The van der Waals surface area contributed by atoms with Gasteiger partial charge in [0.2, 0.25) is 0 Å². The molecule has 0 aromatic carbocycles. The van der Waals surface area contributed by atoms with Crippen molar-refractivity contribution in [1.29, 1.82) is 0 Å². The Labute approximate surface area is 69.3 Å². The molecule has 1 saturated heterocycles. The molecule has 0 aliphatic carbocycles. The Kier molecular flexibility index (Phi) is 3.87.